The van der Waals surface area contributed by atoms with E-state index in [1.807, 2.05) is 30.3 Å². The molecule has 1 amide bonds. The number of benzene rings is 2. The van der Waals surface area contributed by atoms with Gasteiger partial charge in [0.15, 0.2) is 11.5 Å². The summed E-state index contributed by atoms with van der Waals surface area (Å²) in [5, 5.41) is 11.9. The highest BCUT2D eigenvalue weighted by Crippen LogP contribution is 2.28. The second kappa shape index (κ2) is 10.1. The lowest BCUT2D eigenvalue weighted by molar-refractivity contribution is 0.100. The van der Waals surface area contributed by atoms with Crippen LogP contribution in [0.2, 0.25) is 0 Å². The van der Waals surface area contributed by atoms with Crippen molar-refractivity contribution >= 4 is 5.91 Å². The number of methoxy groups -OCH3 is 1. The van der Waals surface area contributed by atoms with Crippen LogP contribution in [0, 0.1) is 11.3 Å². The van der Waals surface area contributed by atoms with Gasteiger partial charge in [-0.3, -0.25) is 4.79 Å². The van der Waals surface area contributed by atoms with Crippen LogP contribution in [0.1, 0.15) is 34.3 Å². The fraction of sp³-hybridized carbons (Fsp3) is 0.300. The highest BCUT2D eigenvalue weighted by molar-refractivity contribution is 5.92. The lowest BCUT2D eigenvalue weighted by atomic mass is 10.1. The van der Waals surface area contributed by atoms with Crippen molar-refractivity contribution in [1.82, 2.24) is 5.32 Å². The number of rotatable bonds is 10. The van der Waals surface area contributed by atoms with Crippen LogP contribution in [-0.4, -0.2) is 19.6 Å². The van der Waals surface area contributed by atoms with Gasteiger partial charge in [-0.2, -0.15) is 5.26 Å². The summed E-state index contributed by atoms with van der Waals surface area (Å²) in [6, 6.07) is 15.1. The molecule has 0 radical (unpaired) electrons. The van der Waals surface area contributed by atoms with Crippen molar-refractivity contribution < 1.29 is 14.3 Å². The summed E-state index contributed by atoms with van der Waals surface area (Å²) in [6.45, 7) is 1.81. The standard InChI is InChI=1S/C20H23N3O3/c1-25-18-9-6-16(12-19(18)26-11-3-2-10-21)14-23-13-15-4-7-17(8-5-15)20(22)24/h4-9,12,23H,2-3,11,13-14H2,1H3,(H2,22,24). The first-order valence-corrected chi connectivity index (χ1v) is 8.40. The van der Waals surface area contributed by atoms with E-state index in [0.717, 1.165) is 11.1 Å². The number of carbonyl (C=O) groups excluding carboxylic acids is 1. The molecule has 0 bridgehead atoms. The molecule has 136 valence electrons. The molecule has 0 atom stereocenters. The topological polar surface area (TPSA) is 97.4 Å². The van der Waals surface area contributed by atoms with Crippen LogP contribution in [0.5, 0.6) is 11.5 Å². The molecule has 0 aromatic heterocycles. The molecule has 0 spiro atoms. The maximum absolute atomic E-state index is 11.1. The first-order valence-electron chi connectivity index (χ1n) is 8.40. The quantitative estimate of drug-likeness (QED) is 0.640. The van der Waals surface area contributed by atoms with Crippen LogP contribution in [-0.2, 0) is 13.1 Å². The van der Waals surface area contributed by atoms with Crippen LogP contribution in [0.3, 0.4) is 0 Å². The zero-order valence-electron chi connectivity index (χ0n) is 14.8. The summed E-state index contributed by atoms with van der Waals surface area (Å²) in [5.41, 5.74) is 7.87. The molecule has 26 heavy (non-hydrogen) atoms. The van der Waals surface area contributed by atoms with Gasteiger partial charge >= 0.3 is 0 Å². The van der Waals surface area contributed by atoms with Crippen LogP contribution in [0.25, 0.3) is 0 Å². The predicted octanol–water partition coefficient (Wildman–Crippen LogP) is 2.77. The number of nitrogens with one attached hydrogen (secondary N) is 1. The van der Waals surface area contributed by atoms with E-state index in [0.29, 0.717) is 49.6 Å². The van der Waals surface area contributed by atoms with Crippen LogP contribution in [0.4, 0.5) is 0 Å². The van der Waals surface area contributed by atoms with Gasteiger partial charge in [0.25, 0.3) is 0 Å². The third kappa shape index (κ3) is 5.80. The summed E-state index contributed by atoms with van der Waals surface area (Å²) >= 11 is 0. The van der Waals surface area contributed by atoms with Crippen molar-refractivity contribution in [3.8, 4) is 17.6 Å². The molecule has 2 aromatic carbocycles. The minimum atomic E-state index is -0.426. The molecule has 0 aliphatic rings. The lowest BCUT2D eigenvalue weighted by Crippen LogP contribution is -2.14. The molecule has 2 aromatic rings. The van der Waals surface area contributed by atoms with Crippen molar-refractivity contribution in [2.75, 3.05) is 13.7 Å². The van der Waals surface area contributed by atoms with Crippen molar-refractivity contribution in [2.24, 2.45) is 5.73 Å². The number of carbonyl (C=O) groups is 1. The molecular weight excluding hydrogens is 330 g/mol. The van der Waals surface area contributed by atoms with Crippen LogP contribution in [0.15, 0.2) is 42.5 Å². The molecule has 2 rings (SSSR count). The number of nitrogens with zero attached hydrogens (tertiary/aromatic N) is 1. The molecular formula is C20H23N3O3. The Labute approximate surface area is 153 Å². The van der Waals surface area contributed by atoms with E-state index in [4.69, 9.17) is 20.5 Å². The first kappa shape index (κ1) is 19.3. The Morgan fingerprint density at radius 2 is 1.81 bits per heavy atom. The van der Waals surface area contributed by atoms with Gasteiger partial charge in [0.2, 0.25) is 5.91 Å². The van der Waals surface area contributed by atoms with E-state index in [1.165, 1.54) is 0 Å². The number of hydrogen-bond acceptors (Lipinski definition) is 5. The van der Waals surface area contributed by atoms with Crippen molar-refractivity contribution in [1.29, 1.82) is 5.26 Å². The van der Waals surface area contributed by atoms with Crippen molar-refractivity contribution in [3.63, 3.8) is 0 Å². The van der Waals surface area contributed by atoms with Crippen molar-refractivity contribution in [2.45, 2.75) is 25.9 Å². The van der Waals surface area contributed by atoms with Crippen molar-refractivity contribution in [3.05, 3.63) is 59.2 Å². The number of unbranched alkanes of at least 4 members (excludes halogenated alkanes) is 1. The zero-order valence-corrected chi connectivity index (χ0v) is 14.8. The smallest absolute Gasteiger partial charge is 0.248 e. The normalized spacial score (nSPS) is 10.2. The van der Waals surface area contributed by atoms with E-state index in [1.54, 1.807) is 19.2 Å². The van der Waals surface area contributed by atoms with Gasteiger partial charge in [-0.1, -0.05) is 18.2 Å². The van der Waals surface area contributed by atoms with Gasteiger partial charge in [-0.15, -0.1) is 0 Å². The molecule has 0 aliphatic heterocycles. The summed E-state index contributed by atoms with van der Waals surface area (Å²) in [7, 11) is 1.60. The molecule has 0 saturated heterocycles. The van der Waals surface area contributed by atoms with Gasteiger partial charge in [-0.05, 0) is 41.8 Å². The SMILES string of the molecule is COc1ccc(CNCc2ccc(C(N)=O)cc2)cc1OCCCC#N. The Morgan fingerprint density at radius 3 is 2.46 bits per heavy atom. The summed E-state index contributed by atoms with van der Waals surface area (Å²) in [6.07, 6.45) is 1.15. The average molecular weight is 353 g/mol. The van der Waals surface area contributed by atoms with Gasteiger partial charge in [0, 0.05) is 25.1 Å². The van der Waals surface area contributed by atoms with Gasteiger partial charge < -0.3 is 20.5 Å². The number of nitriles is 1. The Balaban J connectivity index is 1.90. The molecule has 0 saturated carbocycles. The molecule has 0 unspecified atom stereocenters. The second-order valence-electron chi connectivity index (χ2n) is 5.76. The lowest BCUT2D eigenvalue weighted by Gasteiger charge is -2.12. The van der Waals surface area contributed by atoms with E-state index < -0.39 is 5.91 Å². The number of hydrogen-bond donors (Lipinski definition) is 2. The molecule has 0 aliphatic carbocycles. The Hall–Kier alpha value is -3.04. The fourth-order valence-corrected chi connectivity index (χ4v) is 2.42. The Kier molecular flexibility index (Phi) is 7.47. The summed E-state index contributed by atoms with van der Waals surface area (Å²) in [4.78, 5) is 11.1. The Morgan fingerprint density at radius 1 is 1.12 bits per heavy atom. The Bertz CT molecular complexity index is 767. The van der Waals surface area contributed by atoms with E-state index >= 15 is 0 Å². The van der Waals surface area contributed by atoms with Gasteiger partial charge in [-0.25, -0.2) is 0 Å². The largest absolute Gasteiger partial charge is 0.493 e. The number of amides is 1. The number of primary amides is 1. The predicted molar refractivity (Wildman–Crippen MR) is 98.8 cm³/mol. The van der Waals surface area contributed by atoms with Gasteiger partial charge in [0.05, 0.1) is 19.8 Å². The maximum Gasteiger partial charge on any atom is 0.248 e. The third-order valence-corrected chi connectivity index (χ3v) is 3.82. The minimum absolute atomic E-state index is 0.426. The van der Waals surface area contributed by atoms with Gasteiger partial charge in [0.1, 0.15) is 0 Å². The second-order valence-corrected chi connectivity index (χ2v) is 5.76. The zero-order chi connectivity index (χ0) is 18.8. The summed E-state index contributed by atoms with van der Waals surface area (Å²) < 4.78 is 11.0. The van der Waals surface area contributed by atoms with Crippen LogP contribution < -0.4 is 20.5 Å². The third-order valence-electron chi connectivity index (χ3n) is 3.82. The average Bonchev–Trinajstić information content (AvgIpc) is 2.66. The molecule has 0 fully saturated rings. The van der Waals surface area contributed by atoms with Crippen LogP contribution >= 0.6 is 0 Å². The number of ether oxygens (including phenoxy) is 2. The molecule has 6 nitrogen and oxygen atoms in total. The summed E-state index contributed by atoms with van der Waals surface area (Å²) in [5.74, 6) is 0.924. The fourth-order valence-electron chi connectivity index (χ4n) is 2.42. The van der Waals surface area contributed by atoms with E-state index in [9.17, 15) is 4.79 Å². The highest BCUT2D eigenvalue weighted by atomic mass is 16.5. The van der Waals surface area contributed by atoms with E-state index in [2.05, 4.69) is 11.4 Å². The van der Waals surface area contributed by atoms with E-state index in [-0.39, 0.29) is 0 Å². The first-order chi connectivity index (χ1) is 12.6. The molecule has 6 heteroatoms. The number of nitrogens with two attached hydrogens (primary N) is 1. The maximum atomic E-state index is 11.1. The molecule has 3 N–H and O–H groups in total. The highest BCUT2D eigenvalue weighted by Gasteiger charge is 2.06. The molecule has 0 heterocycles. The minimum Gasteiger partial charge on any atom is -0.493 e. The monoisotopic (exact) mass is 353 g/mol.